The lowest BCUT2D eigenvalue weighted by molar-refractivity contribution is 0.623. The number of benzene rings is 1. The Bertz CT molecular complexity index is 521. The van der Waals surface area contributed by atoms with E-state index >= 15 is 0 Å². The molecule has 0 aliphatic heterocycles. The van der Waals surface area contributed by atoms with Crippen molar-refractivity contribution in [2.75, 3.05) is 24.2 Å². The van der Waals surface area contributed by atoms with Gasteiger partial charge in [-0.1, -0.05) is 6.07 Å². The van der Waals surface area contributed by atoms with Gasteiger partial charge in [0.25, 0.3) is 0 Å². The van der Waals surface area contributed by atoms with Crippen LogP contribution < -0.4 is 10.6 Å². The van der Waals surface area contributed by atoms with E-state index in [9.17, 15) is 4.39 Å². The van der Waals surface area contributed by atoms with Gasteiger partial charge in [0.15, 0.2) is 0 Å². The van der Waals surface area contributed by atoms with E-state index in [1.165, 1.54) is 10.9 Å². The van der Waals surface area contributed by atoms with Crippen LogP contribution >= 0.6 is 27.3 Å². The minimum absolute atomic E-state index is 0.273. The fraction of sp³-hybridized carbons (Fsp3) is 0.231. The van der Waals surface area contributed by atoms with Gasteiger partial charge in [-0.15, -0.1) is 11.3 Å². The van der Waals surface area contributed by atoms with E-state index in [0.717, 1.165) is 16.8 Å². The van der Waals surface area contributed by atoms with Crippen molar-refractivity contribution in [3.8, 4) is 0 Å². The molecule has 0 radical (unpaired) electrons. The third-order valence-corrected chi connectivity index (χ3v) is 4.41. The molecular weight excluding hydrogens is 315 g/mol. The van der Waals surface area contributed by atoms with Crippen LogP contribution in [0.3, 0.4) is 0 Å². The fourth-order valence-corrected chi connectivity index (χ4v) is 3.28. The Morgan fingerprint density at radius 3 is 2.72 bits per heavy atom. The first kappa shape index (κ1) is 13.4. The van der Waals surface area contributed by atoms with E-state index in [-0.39, 0.29) is 5.82 Å². The smallest absolute Gasteiger partial charge is 0.148 e. The molecule has 0 aliphatic carbocycles. The van der Waals surface area contributed by atoms with Gasteiger partial charge in [0.05, 0.1) is 15.2 Å². The summed E-state index contributed by atoms with van der Waals surface area (Å²) in [6.07, 6.45) is 0.876. The van der Waals surface area contributed by atoms with Crippen molar-refractivity contribution in [1.82, 2.24) is 0 Å². The highest BCUT2D eigenvalue weighted by Crippen LogP contribution is 2.27. The molecule has 18 heavy (non-hydrogen) atoms. The number of nitrogen functional groups attached to an aromatic ring is 1. The molecule has 1 heterocycles. The Balaban J connectivity index is 2.06. The number of hydrogen-bond donors (Lipinski definition) is 1. The molecule has 0 saturated heterocycles. The van der Waals surface area contributed by atoms with Gasteiger partial charge in [0, 0.05) is 18.5 Å². The van der Waals surface area contributed by atoms with Crippen LogP contribution in [0.25, 0.3) is 0 Å². The molecule has 1 aromatic carbocycles. The predicted molar refractivity (Wildman–Crippen MR) is 79.8 cm³/mol. The van der Waals surface area contributed by atoms with Gasteiger partial charge in [0.2, 0.25) is 0 Å². The number of halogens is 2. The molecule has 96 valence electrons. The van der Waals surface area contributed by atoms with Crippen LogP contribution in [0.1, 0.15) is 4.88 Å². The van der Waals surface area contributed by atoms with E-state index in [4.69, 9.17) is 5.73 Å². The third-order valence-electron chi connectivity index (χ3n) is 2.72. The van der Waals surface area contributed by atoms with Gasteiger partial charge >= 0.3 is 0 Å². The molecule has 2 nitrogen and oxygen atoms in total. The van der Waals surface area contributed by atoms with Crippen LogP contribution in [0.5, 0.6) is 0 Å². The van der Waals surface area contributed by atoms with Crippen molar-refractivity contribution in [2.45, 2.75) is 6.42 Å². The van der Waals surface area contributed by atoms with Gasteiger partial charge < -0.3 is 10.6 Å². The largest absolute Gasteiger partial charge is 0.397 e. The quantitative estimate of drug-likeness (QED) is 0.862. The zero-order chi connectivity index (χ0) is 13.1. The minimum Gasteiger partial charge on any atom is -0.397 e. The Kier molecular flexibility index (Phi) is 4.24. The maximum Gasteiger partial charge on any atom is 0.148 e. The van der Waals surface area contributed by atoms with Gasteiger partial charge in [-0.25, -0.2) is 4.39 Å². The van der Waals surface area contributed by atoms with Crippen molar-refractivity contribution >= 4 is 38.6 Å². The number of anilines is 2. The number of nitrogens with two attached hydrogens (primary N) is 1. The zero-order valence-corrected chi connectivity index (χ0v) is 12.4. The number of likely N-dealkylation sites (N-methyl/N-ethyl adjacent to an activating group) is 1. The third kappa shape index (κ3) is 3.03. The van der Waals surface area contributed by atoms with E-state index in [2.05, 4.69) is 22.0 Å². The van der Waals surface area contributed by atoms with Gasteiger partial charge in [0.1, 0.15) is 5.82 Å². The predicted octanol–water partition coefficient (Wildman–Crippen LogP) is 3.91. The van der Waals surface area contributed by atoms with Crippen molar-refractivity contribution in [1.29, 1.82) is 0 Å². The summed E-state index contributed by atoms with van der Waals surface area (Å²) in [5.41, 5.74) is 6.77. The normalized spacial score (nSPS) is 10.6. The molecule has 0 spiro atoms. The summed E-state index contributed by atoms with van der Waals surface area (Å²) in [6, 6.07) is 8.88. The van der Waals surface area contributed by atoms with Crippen LogP contribution in [0.15, 0.2) is 34.1 Å². The fourth-order valence-electron chi connectivity index (χ4n) is 1.81. The molecule has 1 aromatic heterocycles. The summed E-state index contributed by atoms with van der Waals surface area (Å²) in [5.74, 6) is -0.273. The van der Waals surface area contributed by atoms with Crippen molar-refractivity contribution < 1.29 is 4.39 Å². The second kappa shape index (κ2) is 5.71. The summed E-state index contributed by atoms with van der Waals surface area (Å²) in [7, 11) is 1.86. The van der Waals surface area contributed by atoms with E-state index in [1.54, 1.807) is 23.5 Å². The highest BCUT2D eigenvalue weighted by Gasteiger charge is 2.11. The second-order valence-electron chi connectivity index (χ2n) is 4.06. The summed E-state index contributed by atoms with van der Waals surface area (Å²) in [6.45, 7) is 0.734. The number of para-hydroxylation sites is 1. The summed E-state index contributed by atoms with van der Waals surface area (Å²) in [5, 5.41) is 0. The van der Waals surface area contributed by atoms with Crippen LogP contribution in [0.2, 0.25) is 0 Å². The topological polar surface area (TPSA) is 29.3 Å². The first-order chi connectivity index (χ1) is 8.58. The lowest BCUT2D eigenvalue weighted by Crippen LogP contribution is -2.22. The van der Waals surface area contributed by atoms with Gasteiger partial charge in [-0.05, 0) is 46.6 Å². The molecule has 0 aliphatic rings. The SMILES string of the molecule is CN(CCc1ccc(Br)s1)c1c(N)cccc1F. The highest BCUT2D eigenvalue weighted by atomic mass is 79.9. The molecular formula is C13H14BrFN2S. The molecule has 0 atom stereocenters. The average Bonchev–Trinajstić information content (AvgIpc) is 2.72. The molecule has 2 aromatic rings. The van der Waals surface area contributed by atoms with E-state index < -0.39 is 0 Å². The Labute approximate surface area is 118 Å². The zero-order valence-electron chi connectivity index (χ0n) is 9.99. The first-order valence-corrected chi connectivity index (χ1v) is 7.18. The summed E-state index contributed by atoms with van der Waals surface area (Å²) >= 11 is 5.13. The van der Waals surface area contributed by atoms with Crippen LogP contribution in [0, 0.1) is 5.82 Å². The Morgan fingerprint density at radius 1 is 1.33 bits per heavy atom. The molecule has 0 saturated carbocycles. The monoisotopic (exact) mass is 328 g/mol. The van der Waals surface area contributed by atoms with Crippen molar-refractivity contribution in [3.05, 3.63) is 44.8 Å². The number of thiophene rings is 1. The molecule has 0 unspecified atom stereocenters. The number of rotatable bonds is 4. The van der Waals surface area contributed by atoms with Crippen molar-refractivity contribution in [2.24, 2.45) is 0 Å². The lowest BCUT2D eigenvalue weighted by Gasteiger charge is -2.21. The van der Waals surface area contributed by atoms with Crippen LogP contribution in [-0.2, 0) is 6.42 Å². The van der Waals surface area contributed by atoms with Gasteiger partial charge in [-0.3, -0.25) is 0 Å². The molecule has 0 fully saturated rings. The van der Waals surface area contributed by atoms with E-state index in [1.807, 2.05) is 18.0 Å². The number of hydrogen-bond acceptors (Lipinski definition) is 3. The maximum atomic E-state index is 13.7. The maximum absolute atomic E-state index is 13.7. The molecule has 0 amide bonds. The second-order valence-corrected chi connectivity index (χ2v) is 6.60. The van der Waals surface area contributed by atoms with E-state index in [0.29, 0.717) is 11.4 Å². The molecule has 2 N–H and O–H groups in total. The minimum atomic E-state index is -0.273. The number of nitrogens with zero attached hydrogens (tertiary/aromatic N) is 1. The average molecular weight is 329 g/mol. The Morgan fingerprint density at radius 2 is 2.11 bits per heavy atom. The first-order valence-electron chi connectivity index (χ1n) is 5.57. The van der Waals surface area contributed by atoms with Crippen molar-refractivity contribution in [3.63, 3.8) is 0 Å². The molecule has 0 bridgehead atoms. The van der Waals surface area contributed by atoms with Crippen LogP contribution in [0.4, 0.5) is 15.8 Å². The summed E-state index contributed by atoms with van der Waals surface area (Å²) in [4.78, 5) is 3.13. The molecule has 2 rings (SSSR count). The van der Waals surface area contributed by atoms with Gasteiger partial charge in [-0.2, -0.15) is 0 Å². The Hall–Kier alpha value is -1.07. The molecule has 5 heteroatoms. The lowest BCUT2D eigenvalue weighted by atomic mass is 10.2. The van der Waals surface area contributed by atoms with Crippen LogP contribution in [-0.4, -0.2) is 13.6 Å². The standard InChI is InChI=1S/C13H14BrFN2S/c1-17(8-7-9-5-6-12(14)18-9)13-10(15)3-2-4-11(13)16/h2-6H,7-8,16H2,1H3. The summed E-state index contributed by atoms with van der Waals surface area (Å²) < 4.78 is 14.8. The highest BCUT2D eigenvalue weighted by molar-refractivity contribution is 9.11.